The third-order valence-electron chi connectivity index (χ3n) is 5.82. The number of nitrogens with zero attached hydrogens (tertiary/aromatic N) is 1. The van der Waals surface area contributed by atoms with Crippen LogP contribution in [-0.2, 0) is 4.74 Å². The van der Waals surface area contributed by atoms with Gasteiger partial charge in [0.25, 0.3) is 5.91 Å². The Morgan fingerprint density at radius 2 is 1.76 bits per heavy atom. The molecule has 0 aliphatic rings. The SMILES string of the molecule is CCOC(=O)c1c(-c2ccc(F)cc2)csc1NC(=O)c1cc(-c2ccc(Cl)cc2Cl)nc2ccccc12. The first kappa shape index (κ1) is 25.9. The number of amides is 1. The molecule has 190 valence electrons. The van der Waals surface area contributed by atoms with Crippen molar-refractivity contribution in [3.05, 3.63) is 105 Å². The lowest BCUT2D eigenvalue weighted by Gasteiger charge is -2.12. The number of hydrogen-bond donors (Lipinski definition) is 1. The van der Waals surface area contributed by atoms with E-state index in [1.54, 1.807) is 60.8 Å². The summed E-state index contributed by atoms with van der Waals surface area (Å²) in [6.07, 6.45) is 0. The van der Waals surface area contributed by atoms with Crippen molar-refractivity contribution in [2.24, 2.45) is 0 Å². The molecule has 5 aromatic rings. The van der Waals surface area contributed by atoms with Gasteiger partial charge in [0, 0.05) is 26.9 Å². The maximum absolute atomic E-state index is 13.7. The smallest absolute Gasteiger partial charge is 0.341 e. The fraction of sp³-hybridized carbons (Fsp3) is 0.0690. The van der Waals surface area contributed by atoms with Crippen LogP contribution in [-0.4, -0.2) is 23.5 Å². The van der Waals surface area contributed by atoms with Crippen molar-refractivity contribution in [2.45, 2.75) is 6.92 Å². The van der Waals surface area contributed by atoms with Gasteiger partial charge < -0.3 is 10.1 Å². The zero-order chi connectivity index (χ0) is 26.8. The van der Waals surface area contributed by atoms with Gasteiger partial charge in [-0.25, -0.2) is 14.2 Å². The van der Waals surface area contributed by atoms with Gasteiger partial charge in [0.05, 0.1) is 28.4 Å². The second-order valence-corrected chi connectivity index (χ2v) is 9.95. The highest BCUT2D eigenvalue weighted by Gasteiger charge is 2.24. The van der Waals surface area contributed by atoms with Crippen molar-refractivity contribution in [1.29, 1.82) is 0 Å². The van der Waals surface area contributed by atoms with Crippen molar-refractivity contribution in [1.82, 2.24) is 4.98 Å². The van der Waals surface area contributed by atoms with Gasteiger partial charge in [-0.1, -0.05) is 53.5 Å². The third kappa shape index (κ3) is 5.13. The Hall–Kier alpha value is -3.78. The molecular formula is C29H19Cl2FN2O3S. The largest absolute Gasteiger partial charge is 0.462 e. The number of carbonyl (C=O) groups excluding carboxylic acids is 2. The van der Waals surface area contributed by atoms with Gasteiger partial charge in [0.1, 0.15) is 16.4 Å². The number of ether oxygens (including phenoxy) is 1. The molecule has 9 heteroatoms. The second-order valence-electron chi connectivity index (χ2n) is 8.23. The summed E-state index contributed by atoms with van der Waals surface area (Å²) in [6, 6.07) is 19.7. The number of thiophene rings is 1. The maximum Gasteiger partial charge on any atom is 0.341 e. The van der Waals surface area contributed by atoms with E-state index in [1.165, 1.54) is 23.5 Å². The summed E-state index contributed by atoms with van der Waals surface area (Å²) in [4.78, 5) is 31.3. The summed E-state index contributed by atoms with van der Waals surface area (Å²) in [5.41, 5.74) is 3.44. The van der Waals surface area contributed by atoms with E-state index in [-0.39, 0.29) is 12.2 Å². The van der Waals surface area contributed by atoms with Crippen molar-refractivity contribution < 1.29 is 18.7 Å². The minimum atomic E-state index is -0.586. The molecule has 38 heavy (non-hydrogen) atoms. The molecule has 0 unspecified atom stereocenters. The number of benzene rings is 3. The molecule has 1 amide bonds. The van der Waals surface area contributed by atoms with Crippen molar-refractivity contribution in [2.75, 3.05) is 11.9 Å². The molecule has 1 N–H and O–H groups in total. The van der Waals surface area contributed by atoms with Crippen LogP contribution >= 0.6 is 34.5 Å². The Morgan fingerprint density at radius 3 is 2.50 bits per heavy atom. The minimum Gasteiger partial charge on any atom is -0.462 e. The van der Waals surface area contributed by atoms with Crippen LogP contribution < -0.4 is 5.32 Å². The molecule has 0 bridgehead atoms. The maximum atomic E-state index is 13.7. The monoisotopic (exact) mass is 564 g/mol. The number of para-hydroxylation sites is 1. The van der Waals surface area contributed by atoms with Gasteiger partial charge in [-0.2, -0.15) is 0 Å². The number of carbonyl (C=O) groups is 2. The van der Waals surface area contributed by atoms with E-state index >= 15 is 0 Å². The Kier molecular flexibility index (Phi) is 7.42. The van der Waals surface area contributed by atoms with Crippen molar-refractivity contribution >= 4 is 62.3 Å². The minimum absolute atomic E-state index is 0.158. The Balaban J connectivity index is 1.59. The van der Waals surface area contributed by atoms with E-state index in [9.17, 15) is 14.0 Å². The zero-order valence-corrected chi connectivity index (χ0v) is 22.3. The summed E-state index contributed by atoms with van der Waals surface area (Å²) in [7, 11) is 0. The molecule has 0 saturated carbocycles. The number of halogens is 3. The summed E-state index contributed by atoms with van der Waals surface area (Å²) in [5.74, 6) is -1.42. The Labute approximate surface area is 231 Å². The van der Waals surface area contributed by atoms with Crippen LogP contribution in [0.5, 0.6) is 0 Å². The lowest BCUT2D eigenvalue weighted by Crippen LogP contribution is -2.15. The van der Waals surface area contributed by atoms with Gasteiger partial charge in [-0.15, -0.1) is 11.3 Å². The highest BCUT2D eigenvalue weighted by molar-refractivity contribution is 7.15. The van der Waals surface area contributed by atoms with E-state index in [1.807, 2.05) is 12.1 Å². The van der Waals surface area contributed by atoms with Crippen LogP contribution in [0.4, 0.5) is 9.39 Å². The van der Waals surface area contributed by atoms with Crippen LogP contribution in [0.25, 0.3) is 33.3 Å². The molecular weight excluding hydrogens is 546 g/mol. The normalized spacial score (nSPS) is 10.9. The number of nitrogens with one attached hydrogen (secondary N) is 1. The molecule has 0 spiro atoms. The van der Waals surface area contributed by atoms with Gasteiger partial charge in [0.2, 0.25) is 0 Å². The lowest BCUT2D eigenvalue weighted by molar-refractivity contribution is 0.0529. The van der Waals surface area contributed by atoms with E-state index < -0.39 is 17.7 Å². The van der Waals surface area contributed by atoms with Gasteiger partial charge in [-0.05, 0) is 55.0 Å². The fourth-order valence-corrected chi connectivity index (χ4v) is 5.52. The van der Waals surface area contributed by atoms with Crippen molar-refractivity contribution in [3.63, 3.8) is 0 Å². The second kappa shape index (κ2) is 10.9. The van der Waals surface area contributed by atoms with E-state index in [0.29, 0.717) is 53.9 Å². The number of esters is 1. The first-order valence-corrected chi connectivity index (χ1v) is 13.2. The highest BCUT2D eigenvalue weighted by atomic mass is 35.5. The number of aromatic nitrogens is 1. The summed E-state index contributed by atoms with van der Waals surface area (Å²) in [6.45, 7) is 1.86. The van der Waals surface area contributed by atoms with Crippen LogP contribution in [0.3, 0.4) is 0 Å². The molecule has 0 saturated heterocycles. The first-order valence-electron chi connectivity index (χ1n) is 11.6. The van der Waals surface area contributed by atoms with Crippen LogP contribution in [0.15, 0.2) is 78.2 Å². The number of rotatable bonds is 6. The molecule has 0 atom stereocenters. The topological polar surface area (TPSA) is 68.3 Å². The number of fused-ring (bicyclic) bond motifs is 1. The average Bonchev–Trinajstić information content (AvgIpc) is 3.32. The molecule has 0 fully saturated rings. The van der Waals surface area contributed by atoms with E-state index in [4.69, 9.17) is 32.9 Å². The lowest BCUT2D eigenvalue weighted by atomic mass is 10.0. The van der Waals surface area contributed by atoms with Crippen LogP contribution in [0, 0.1) is 5.82 Å². The summed E-state index contributed by atoms with van der Waals surface area (Å²) >= 11 is 13.7. The number of hydrogen-bond acceptors (Lipinski definition) is 5. The predicted octanol–water partition coefficient (Wildman–Crippen LogP) is 8.51. The van der Waals surface area contributed by atoms with Gasteiger partial charge >= 0.3 is 5.97 Å². The predicted molar refractivity (Wildman–Crippen MR) is 151 cm³/mol. The summed E-state index contributed by atoms with van der Waals surface area (Å²) in [5, 5.41) is 6.46. The molecule has 5 rings (SSSR count). The quantitative estimate of drug-likeness (QED) is 0.210. The Bertz CT molecular complexity index is 1690. The fourth-order valence-electron chi connectivity index (χ4n) is 4.07. The third-order valence-corrected chi connectivity index (χ3v) is 7.26. The molecule has 0 aliphatic carbocycles. The number of pyridine rings is 1. The van der Waals surface area contributed by atoms with Gasteiger partial charge in [-0.3, -0.25) is 4.79 Å². The molecule has 2 heterocycles. The first-order chi connectivity index (χ1) is 18.4. The van der Waals surface area contributed by atoms with Gasteiger partial charge in [0.15, 0.2) is 0 Å². The Morgan fingerprint density at radius 1 is 1.00 bits per heavy atom. The van der Waals surface area contributed by atoms with Crippen LogP contribution in [0.1, 0.15) is 27.6 Å². The van der Waals surface area contributed by atoms with Crippen molar-refractivity contribution in [3.8, 4) is 22.4 Å². The van der Waals surface area contributed by atoms with E-state index in [0.717, 1.165) is 0 Å². The molecule has 0 aliphatic heterocycles. The molecule has 0 radical (unpaired) electrons. The van der Waals surface area contributed by atoms with Crippen LogP contribution in [0.2, 0.25) is 10.0 Å². The highest BCUT2D eigenvalue weighted by Crippen LogP contribution is 2.37. The molecule has 3 aromatic carbocycles. The number of anilines is 1. The average molecular weight is 565 g/mol. The molecule has 2 aromatic heterocycles. The van der Waals surface area contributed by atoms with E-state index in [2.05, 4.69) is 5.32 Å². The zero-order valence-electron chi connectivity index (χ0n) is 19.9. The standard InChI is InChI=1S/C29H19Cl2FN2O3S/c1-2-37-29(36)26-22(16-7-10-18(32)11-8-16)15-38-28(26)34-27(35)21-14-25(20-12-9-17(30)13-23(20)31)33-24-6-4-3-5-19(21)24/h3-15H,2H2,1H3,(H,34,35). The molecule has 5 nitrogen and oxygen atoms in total. The summed E-state index contributed by atoms with van der Waals surface area (Å²) < 4.78 is 18.8.